The van der Waals surface area contributed by atoms with Crippen LogP contribution in [-0.2, 0) is 4.79 Å². The van der Waals surface area contributed by atoms with Crippen molar-refractivity contribution in [2.24, 2.45) is 0 Å². The number of hydrogen-bond acceptors (Lipinski definition) is 3. The zero-order valence-electron chi connectivity index (χ0n) is 12.3. The Balaban J connectivity index is 1.80. The number of aromatic nitrogens is 1. The fraction of sp³-hybridized carbons (Fsp3) is 0.438. The Labute approximate surface area is 125 Å². The van der Waals surface area contributed by atoms with Crippen LogP contribution in [0.2, 0.25) is 0 Å². The normalized spacial score (nSPS) is 16.1. The van der Waals surface area contributed by atoms with Crippen LogP contribution in [0.25, 0.3) is 0 Å². The first-order valence-corrected chi connectivity index (χ1v) is 7.37. The zero-order valence-corrected chi connectivity index (χ0v) is 12.3. The van der Waals surface area contributed by atoms with E-state index in [0.717, 1.165) is 19.3 Å². The van der Waals surface area contributed by atoms with E-state index < -0.39 is 0 Å². The minimum atomic E-state index is -0.0984. The van der Waals surface area contributed by atoms with Gasteiger partial charge in [-0.15, -0.1) is 0 Å². The molecule has 2 heterocycles. The maximum Gasteiger partial charge on any atom is 0.253 e. The molecule has 0 radical (unpaired) electrons. The van der Waals surface area contributed by atoms with E-state index in [-0.39, 0.29) is 17.9 Å². The molecule has 21 heavy (non-hydrogen) atoms. The molecular formula is C16H21N3O2. The van der Waals surface area contributed by atoms with Gasteiger partial charge in [-0.3, -0.25) is 14.6 Å². The summed E-state index contributed by atoms with van der Waals surface area (Å²) in [7, 11) is 0. The smallest absolute Gasteiger partial charge is 0.253 e. The first-order valence-electron chi connectivity index (χ1n) is 7.37. The number of piperidine rings is 1. The van der Waals surface area contributed by atoms with Gasteiger partial charge < -0.3 is 10.2 Å². The van der Waals surface area contributed by atoms with Crippen molar-refractivity contribution >= 4 is 11.8 Å². The van der Waals surface area contributed by atoms with Crippen molar-refractivity contribution in [1.82, 2.24) is 15.2 Å². The molecular weight excluding hydrogens is 266 g/mol. The van der Waals surface area contributed by atoms with Crippen LogP contribution in [0.3, 0.4) is 0 Å². The summed E-state index contributed by atoms with van der Waals surface area (Å²) in [5, 5.41) is 3.00. The van der Waals surface area contributed by atoms with Gasteiger partial charge in [-0.2, -0.15) is 0 Å². The van der Waals surface area contributed by atoms with Gasteiger partial charge >= 0.3 is 0 Å². The number of carbonyl (C=O) groups is 2. The minimum Gasteiger partial charge on any atom is -0.349 e. The Morgan fingerprint density at radius 1 is 1.43 bits per heavy atom. The molecule has 5 heteroatoms. The Kier molecular flexibility index (Phi) is 5.49. The number of pyridine rings is 1. The molecule has 0 aliphatic carbocycles. The van der Waals surface area contributed by atoms with Gasteiger partial charge in [0.25, 0.3) is 5.91 Å². The fourth-order valence-corrected chi connectivity index (χ4v) is 2.33. The first kappa shape index (κ1) is 15.2. The predicted octanol–water partition coefficient (Wildman–Crippen LogP) is 1.77. The van der Waals surface area contributed by atoms with Crippen molar-refractivity contribution in [3.05, 3.63) is 42.2 Å². The number of amides is 2. The summed E-state index contributed by atoms with van der Waals surface area (Å²) in [5.74, 6) is -0.0346. The maximum atomic E-state index is 12.0. The summed E-state index contributed by atoms with van der Waals surface area (Å²) in [5.41, 5.74) is 0.571. The number of allylic oxidation sites excluding steroid dienone is 1. The van der Waals surface area contributed by atoms with Crippen molar-refractivity contribution in [2.75, 3.05) is 13.1 Å². The van der Waals surface area contributed by atoms with E-state index in [4.69, 9.17) is 0 Å². The third-order valence-corrected chi connectivity index (χ3v) is 3.56. The molecule has 5 nitrogen and oxygen atoms in total. The molecule has 1 aromatic heterocycles. The summed E-state index contributed by atoms with van der Waals surface area (Å²) < 4.78 is 0. The van der Waals surface area contributed by atoms with Crippen LogP contribution in [0, 0.1) is 0 Å². The van der Waals surface area contributed by atoms with E-state index in [2.05, 4.69) is 10.3 Å². The number of rotatable bonds is 4. The number of hydrogen-bond donors (Lipinski definition) is 1. The van der Waals surface area contributed by atoms with Crippen LogP contribution in [0.1, 0.15) is 36.5 Å². The van der Waals surface area contributed by atoms with E-state index in [1.165, 1.54) is 0 Å². The van der Waals surface area contributed by atoms with Crippen molar-refractivity contribution in [1.29, 1.82) is 0 Å². The molecule has 0 bridgehead atoms. The third kappa shape index (κ3) is 4.41. The van der Waals surface area contributed by atoms with Crippen LogP contribution in [-0.4, -0.2) is 40.8 Å². The van der Waals surface area contributed by atoms with Crippen LogP contribution in [0.15, 0.2) is 36.7 Å². The maximum absolute atomic E-state index is 12.0. The Bertz CT molecular complexity index is 506. The van der Waals surface area contributed by atoms with Crippen LogP contribution >= 0.6 is 0 Å². The summed E-state index contributed by atoms with van der Waals surface area (Å²) in [4.78, 5) is 29.7. The molecule has 1 aliphatic heterocycles. The standard InChI is InChI=1S/C16H21N3O2/c1-2-3-6-15(20)19-10-7-14(8-11-19)18-16(21)13-5-4-9-17-12-13/h3-6,9,12,14H,2,7-8,10-11H2,1H3,(H,18,21)/b6-3+. The number of carbonyl (C=O) groups excluding carboxylic acids is 2. The van der Waals surface area contributed by atoms with E-state index in [1.54, 1.807) is 30.6 Å². The summed E-state index contributed by atoms with van der Waals surface area (Å²) in [6.45, 7) is 3.37. The molecule has 1 saturated heterocycles. The van der Waals surface area contributed by atoms with Crippen molar-refractivity contribution in [2.45, 2.75) is 32.2 Å². The van der Waals surface area contributed by atoms with Gasteiger partial charge in [0.05, 0.1) is 5.56 Å². The first-order chi connectivity index (χ1) is 10.2. The van der Waals surface area contributed by atoms with Gasteiger partial charge in [0, 0.05) is 31.5 Å². The highest BCUT2D eigenvalue weighted by Gasteiger charge is 2.22. The highest BCUT2D eigenvalue weighted by atomic mass is 16.2. The van der Waals surface area contributed by atoms with Crippen LogP contribution in [0.5, 0.6) is 0 Å². The molecule has 112 valence electrons. The van der Waals surface area contributed by atoms with E-state index in [0.29, 0.717) is 18.7 Å². The largest absolute Gasteiger partial charge is 0.349 e. The van der Waals surface area contributed by atoms with Gasteiger partial charge in [0.15, 0.2) is 0 Å². The van der Waals surface area contributed by atoms with Crippen LogP contribution < -0.4 is 5.32 Å². The molecule has 1 aromatic rings. The molecule has 0 atom stereocenters. The van der Waals surface area contributed by atoms with Gasteiger partial charge in [0.2, 0.25) is 5.91 Å². The van der Waals surface area contributed by atoms with Crippen molar-refractivity contribution < 1.29 is 9.59 Å². The molecule has 1 fully saturated rings. The second-order valence-electron chi connectivity index (χ2n) is 5.13. The number of nitrogens with zero attached hydrogens (tertiary/aromatic N) is 2. The Morgan fingerprint density at radius 2 is 2.19 bits per heavy atom. The lowest BCUT2D eigenvalue weighted by molar-refractivity contribution is -0.127. The highest BCUT2D eigenvalue weighted by molar-refractivity contribution is 5.94. The third-order valence-electron chi connectivity index (χ3n) is 3.56. The molecule has 2 amide bonds. The van der Waals surface area contributed by atoms with E-state index in [9.17, 15) is 9.59 Å². The predicted molar refractivity (Wildman–Crippen MR) is 80.7 cm³/mol. The monoisotopic (exact) mass is 287 g/mol. The topological polar surface area (TPSA) is 62.3 Å². The molecule has 1 aliphatic rings. The highest BCUT2D eigenvalue weighted by Crippen LogP contribution is 2.12. The zero-order chi connectivity index (χ0) is 15.1. The SMILES string of the molecule is CC/C=C/C(=O)N1CCC(NC(=O)c2cccnc2)CC1. The number of likely N-dealkylation sites (tertiary alicyclic amines) is 1. The molecule has 0 saturated carbocycles. The summed E-state index contributed by atoms with van der Waals surface area (Å²) in [6.07, 6.45) is 9.15. The number of nitrogens with one attached hydrogen (secondary N) is 1. The van der Waals surface area contributed by atoms with Crippen molar-refractivity contribution in [3.8, 4) is 0 Å². The summed E-state index contributed by atoms with van der Waals surface area (Å²) in [6, 6.07) is 3.61. The van der Waals surface area contributed by atoms with E-state index in [1.807, 2.05) is 17.9 Å². The second-order valence-corrected chi connectivity index (χ2v) is 5.13. The van der Waals surface area contributed by atoms with Crippen LogP contribution in [0.4, 0.5) is 0 Å². The van der Waals surface area contributed by atoms with Gasteiger partial charge in [-0.25, -0.2) is 0 Å². The average molecular weight is 287 g/mol. The Morgan fingerprint density at radius 3 is 2.81 bits per heavy atom. The minimum absolute atomic E-state index is 0.0638. The van der Waals surface area contributed by atoms with Gasteiger partial charge in [0.1, 0.15) is 0 Å². The lowest BCUT2D eigenvalue weighted by atomic mass is 10.0. The lowest BCUT2D eigenvalue weighted by Gasteiger charge is -2.31. The molecule has 2 rings (SSSR count). The van der Waals surface area contributed by atoms with E-state index >= 15 is 0 Å². The quantitative estimate of drug-likeness (QED) is 0.858. The van der Waals surface area contributed by atoms with Gasteiger partial charge in [-0.1, -0.05) is 13.0 Å². The molecule has 0 spiro atoms. The lowest BCUT2D eigenvalue weighted by Crippen LogP contribution is -2.46. The molecule has 0 unspecified atom stereocenters. The fourth-order valence-electron chi connectivity index (χ4n) is 2.33. The summed E-state index contributed by atoms with van der Waals surface area (Å²) >= 11 is 0. The Hall–Kier alpha value is -2.17. The average Bonchev–Trinajstić information content (AvgIpc) is 2.54. The van der Waals surface area contributed by atoms with Gasteiger partial charge in [-0.05, 0) is 37.5 Å². The van der Waals surface area contributed by atoms with Crippen molar-refractivity contribution in [3.63, 3.8) is 0 Å². The second kappa shape index (κ2) is 7.57. The molecule has 0 aromatic carbocycles. The molecule has 1 N–H and O–H groups in total.